The number of halogens is 2. The molecule has 0 spiro atoms. The minimum atomic E-state index is -1.14. The molecule has 9 nitrogen and oxygen atoms in total. The van der Waals surface area contributed by atoms with Gasteiger partial charge in [-0.1, -0.05) is 50.6 Å². The third kappa shape index (κ3) is 8.49. The van der Waals surface area contributed by atoms with Crippen LogP contribution in [0.2, 0.25) is 0 Å². The lowest BCUT2D eigenvalue weighted by atomic mass is 9.81. The minimum absolute atomic E-state index is 0.00378. The average Bonchev–Trinajstić information content (AvgIpc) is 3.61. The molecule has 4 rings (SSSR count). The van der Waals surface area contributed by atoms with Crippen molar-refractivity contribution in [3.8, 4) is 0 Å². The minimum Gasteiger partial charge on any atom is -0.396 e. The Kier molecular flexibility index (Phi) is 12.3. The van der Waals surface area contributed by atoms with Gasteiger partial charge < -0.3 is 31.1 Å². The zero-order chi connectivity index (χ0) is 33.4. The number of benzene rings is 2. The van der Waals surface area contributed by atoms with Crippen molar-refractivity contribution in [2.24, 2.45) is 5.92 Å². The van der Waals surface area contributed by atoms with Crippen molar-refractivity contribution in [2.75, 3.05) is 13.2 Å². The van der Waals surface area contributed by atoms with Gasteiger partial charge in [-0.2, -0.15) is 0 Å². The summed E-state index contributed by atoms with van der Waals surface area (Å²) in [6.07, 6.45) is 2.43. The first-order chi connectivity index (χ1) is 22.0. The fraction of sp³-hybridized carbons (Fsp3) is 0.571. The number of nitrogens with one attached hydrogen (secondary N) is 3. The van der Waals surface area contributed by atoms with Crippen LogP contribution in [0, 0.1) is 17.6 Å². The number of aryl methyl sites for hydroxylation is 1. The van der Waals surface area contributed by atoms with Crippen molar-refractivity contribution in [1.29, 1.82) is 0 Å². The summed E-state index contributed by atoms with van der Waals surface area (Å²) >= 11 is 0. The smallest absolute Gasteiger partial charge is 0.249 e. The van der Waals surface area contributed by atoms with E-state index in [4.69, 9.17) is 0 Å². The van der Waals surface area contributed by atoms with Gasteiger partial charge in [-0.3, -0.25) is 14.4 Å². The van der Waals surface area contributed by atoms with Crippen LogP contribution in [0.3, 0.4) is 0 Å². The lowest BCUT2D eigenvalue weighted by Gasteiger charge is -2.36. The Morgan fingerprint density at radius 1 is 1.11 bits per heavy atom. The molecule has 5 N–H and O–H groups in total. The second kappa shape index (κ2) is 15.9. The number of hydrogen-bond donors (Lipinski definition) is 5. The van der Waals surface area contributed by atoms with Gasteiger partial charge in [0.05, 0.1) is 12.1 Å². The lowest BCUT2D eigenvalue weighted by Crippen LogP contribution is -2.61. The van der Waals surface area contributed by atoms with E-state index in [1.54, 1.807) is 0 Å². The van der Waals surface area contributed by atoms with E-state index in [0.717, 1.165) is 18.1 Å². The molecule has 46 heavy (non-hydrogen) atoms. The summed E-state index contributed by atoms with van der Waals surface area (Å²) in [6.45, 7) is 5.49. The molecule has 2 fully saturated rings. The Morgan fingerprint density at radius 3 is 2.43 bits per heavy atom. The first-order valence-electron chi connectivity index (χ1n) is 16.4. The van der Waals surface area contributed by atoms with Crippen molar-refractivity contribution in [2.45, 2.75) is 108 Å². The van der Waals surface area contributed by atoms with Gasteiger partial charge in [0.15, 0.2) is 0 Å². The quantitative estimate of drug-likeness (QED) is 0.203. The zero-order valence-corrected chi connectivity index (χ0v) is 27.0. The van der Waals surface area contributed by atoms with E-state index in [1.165, 1.54) is 24.0 Å². The molecule has 2 saturated heterocycles. The number of likely N-dealkylation sites (tertiary alicyclic amines) is 1. The van der Waals surface area contributed by atoms with Gasteiger partial charge in [0.2, 0.25) is 17.7 Å². The standard InChI is InChI=1S/C35H48F2N4O5/c1-4-22(2)35(40-23(3)43)15-16-41(34(35)46)31(13-10-24-8-6-5-7-9-24)33(45)39-30(20-25-18-26(36)21-27(37)19-25)32(44)29-12-11-28(38-29)14-17-42/h5-9,18-19,21-22,28-32,38,42,44H,4,10-17,20H2,1-3H3,(H,39,45)(H,40,43)/t22-,28+,29?,30-,31-,32+,35-/m0/s1. The summed E-state index contributed by atoms with van der Waals surface area (Å²) < 4.78 is 28.3. The molecule has 0 radical (unpaired) electrons. The van der Waals surface area contributed by atoms with E-state index in [9.17, 15) is 33.4 Å². The molecule has 2 aliphatic heterocycles. The Hall–Kier alpha value is -3.41. The second-order valence-electron chi connectivity index (χ2n) is 12.9. The van der Waals surface area contributed by atoms with Crippen LogP contribution in [0.15, 0.2) is 48.5 Å². The van der Waals surface area contributed by atoms with Gasteiger partial charge in [0.25, 0.3) is 0 Å². The Morgan fingerprint density at radius 2 is 1.80 bits per heavy atom. The maximum absolute atomic E-state index is 14.3. The third-order valence-corrected chi connectivity index (χ3v) is 9.75. The number of amides is 3. The highest BCUT2D eigenvalue weighted by Gasteiger charge is 2.53. The summed E-state index contributed by atoms with van der Waals surface area (Å²) in [5.41, 5.74) is 0.115. The zero-order valence-electron chi connectivity index (χ0n) is 27.0. The number of carbonyl (C=O) groups excluding carboxylic acids is 3. The van der Waals surface area contributed by atoms with E-state index < -0.39 is 47.3 Å². The van der Waals surface area contributed by atoms with Crippen molar-refractivity contribution < 1.29 is 33.4 Å². The van der Waals surface area contributed by atoms with Crippen LogP contribution < -0.4 is 16.0 Å². The first kappa shape index (κ1) is 35.4. The third-order valence-electron chi connectivity index (χ3n) is 9.75. The highest BCUT2D eigenvalue weighted by Crippen LogP contribution is 2.34. The molecule has 2 aromatic rings. The average molecular weight is 643 g/mol. The molecular formula is C35H48F2N4O5. The van der Waals surface area contributed by atoms with E-state index in [-0.39, 0.29) is 55.3 Å². The molecule has 0 aliphatic carbocycles. The Balaban J connectivity index is 1.64. The number of aliphatic hydroxyl groups excluding tert-OH is 2. The molecule has 2 aliphatic rings. The number of aliphatic hydroxyl groups is 2. The number of nitrogens with zero attached hydrogens (tertiary/aromatic N) is 1. The predicted molar refractivity (Wildman–Crippen MR) is 171 cm³/mol. The van der Waals surface area contributed by atoms with Crippen LogP contribution in [0.4, 0.5) is 8.78 Å². The molecular weight excluding hydrogens is 594 g/mol. The largest absolute Gasteiger partial charge is 0.396 e. The Bertz CT molecular complexity index is 1330. The van der Waals surface area contributed by atoms with E-state index in [2.05, 4.69) is 16.0 Å². The summed E-state index contributed by atoms with van der Waals surface area (Å²) in [4.78, 5) is 42.3. The van der Waals surface area contributed by atoms with E-state index in [1.807, 2.05) is 44.2 Å². The van der Waals surface area contributed by atoms with Gasteiger partial charge in [0, 0.05) is 38.2 Å². The monoisotopic (exact) mass is 642 g/mol. The Labute approximate surface area is 270 Å². The van der Waals surface area contributed by atoms with Crippen LogP contribution in [0.5, 0.6) is 0 Å². The van der Waals surface area contributed by atoms with Gasteiger partial charge in [-0.25, -0.2) is 8.78 Å². The molecule has 0 aromatic heterocycles. The lowest BCUT2D eigenvalue weighted by molar-refractivity contribution is -0.144. The van der Waals surface area contributed by atoms with Crippen molar-refractivity contribution in [3.05, 3.63) is 71.3 Å². The molecule has 3 amide bonds. The number of carbonyl (C=O) groups is 3. The predicted octanol–water partition coefficient (Wildman–Crippen LogP) is 3.01. The highest BCUT2D eigenvalue weighted by atomic mass is 19.1. The van der Waals surface area contributed by atoms with E-state index in [0.29, 0.717) is 32.1 Å². The maximum atomic E-state index is 14.3. The van der Waals surface area contributed by atoms with Gasteiger partial charge in [-0.05, 0) is 74.1 Å². The van der Waals surface area contributed by atoms with Crippen LogP contribution in [0.1, 0.15) is 70.4 Å². The topological polar surface area (TPSA) is 131 Å². The highest BCUT2D eigenvalue weighted by molar-refractivity contribution is 5.96. The van der Waals surface area contributed by atoms with Gasteiger partial charge in [-0.15, -0.1) is 0 Å². The summed E-state index contributed by atoms with van der Waals surface area (Å²) in [6, 6.07) is 10.4. The molecule has 252 valence electrons. The van der Waals surface area contributed by atoms with Crippen LogP contribution >= 0.6 is 0 Å². The van der Waals surface area contributed by atoms with Crippen molar-refractivity contribution >= 4 is 17.7 Å². The normalized spacial score (nSPS) is 24.0. The molecule has 2 aromatic carbocycles. The molecule has 1 unspecified atom stereocenters. The molecule has 11 heteroatoms. The fourth-order valence-electron chi connectivity index (χ4n) is 7.10. The van der Waals surface area contributed by atoms with E-state index >= 15 is 0 Å². The van der Waals surface area contributed by atoms with Crippen LogP contribution in [0.25, 0.3) is 0 Å². The van der Waals surface area contributed by atoms with Crippen molar-refractivity contribution in [3.63, 3.8) is 0 Å². The number of hydrogen-bond acceptors (Lipinski definition) is 6. The molecule has 7 atom stereocenters. The second-order valence-corrected chi connectivity index (χ2v) is 12.9. The first-order valence-corrected chi connectivity index (χ1v) is 16.4. The van der Waals surface area contributed by atoms with Crippen LogP contribution in [-0.4, -0.2) is 81.8 Å². The SMILES string of the molecule is CC[C@H](C)[C@@]1(NC(C)=O)CCN([C@@H](CCc2ccccc2)C(=O)N[C@@H](Cc2cc(F)cc(F)c2)[C@H](O)C2CC[C@H](CCO)N2)C1=O. The summed E-state index contributed by atoms with van der Waals surface area (Å²) in [5.74, 6) is -2.84. The molecule has 0 saturated carbocycles. The van der Waals surface area contributed by atoms with Gasteiger partial charge in [0.1, 0.15) is 23.2 Å². The fourth-order valence-corrected chi connectivity index (χ4v) is 7.10. The maximum Gasteiger partial charge on any atom is 0.249 e. The van der Waals surface area contributed by atoms with Crippen LogP contribution in [-0.2, 0) is 27.2 Å². The summed E-state index contributed by atoms with van der Waals surface area (Å²) in [5, 5.41) is 30.2. The van der Waals surface area contributed by atoms with Crippen molar-refractivity contribution in [1.82, 2.24) is 20.9 Å². The molecule has 0 bridgehead atoms. The molecule has 2 heterocycles. The van der Waals surface area contributed by atoms with Gasteiger partial charge >= 0.3 is 0 Å². The summed E-state index contributed by atoms with van der Waals surface area (Å²) in [7, 11) is 0. The number of rotatable bonds is 15.